The third kappa shape index (κ3) is 3.98. The van der Waals surface area contributed by atoms with E-state index in [9.17, 15) is 9.59 Å². The molecule has 2 atom stereocenters. The predicted molar refractivity (Wildman–Crippen MR) is 65.6 cm³/mol. The second-order valence-electron chi connectivity index (χ2n) is 4.30. The van der Waals surface area contributed by atoms with Gasteiger partial charge in [0.2, 0.25) is 11.8 Å². The first-order chi connectivity index (χ1) is 8.08. The molecule has 0 aliphatic carbocycles. The maximum Gasteiger partial charge on any atom is 0.241 e. The van der Waals surface area contributed by atoms with Crippen molar-refractivity contribution in [3.8, 4) is 0 Å². The number of nitrogens with one attached hydrogen (secondary N) is 3. The SMILES string of the molecule is CCN(CC(=O)NC)C(=O)C1CNC(C)CN1. The van der Waals surface area contributed by atoms with Gasteiger partial charge in [0, 0.05) is 32.7 Å². The van der Waals surface area contributed by atoms with E-state index in [1.54, 1.807) is 11.9 Å². The maximum atomic E-state index is 12.1. The van der Waals surface area contributed by atoms with Crippen LogP contribution in [0.4, 0.5) is 0 Å². The highest BCUT2D eigenvalue weighted by Crippen LogP contribution is 1.99. The van der Waals surface area contributed by atoms with Crippen molar-refractivity contribution in [1.82, 2.24) is 20.9 Å². The normalized spacial score (nSPS) is 24.2. The topological polar surface area (TPSA) is 73.5 Å². The number of nitrogens with zero attached hydrogens (tertiary/aromatic N) is 1. The van der Waals surface area contributed by atoms with Gasteiger partial charge in [-0.25, -0.2) is 0 Å². The van der Waals surface area contributed by atoms with Crippen molar-refractivity contribution < 1.29 is 9.59 Å². The maximum absolute atomic E-state index is 12.1. The van der Waals surface area contributed by atoms with Gasteiger partial charge in [-0.05, 0) is 13.8 Å². The fraction of sp³-hybridized carbons (Fsp3) is 0.818. The van der Waals surface area contributed by atoms with Gasteiger partial charge in [-0.1, -0.05) is 0 Å². The lowest BCUT2D eigenvalue weighted by Gasteiger charge is -2.32. The largest absolute Gasteiger partial charge is 0.358 e. The van der Waals surface area contributed by atoms with E-state index in [1.807, 2.05) is 6.92 Å². The third-order valence-electron chi connectivity index (χ3n) is 2.95. The van der Waals surface area contributed by atoms with Crippen molar-refractivity contribution in [2.75, 3.05) is 33.2 Å². The summed E-state index contributed by atoms with van der Waals surface area (Å²) in [5, 5.41) is 8.96. The van der Waals surface area contributed by atoms with Crippen LogP contribution in [0.3, 0.4) is 0 Å². The van der Waals surface area contributed by atoms with Crippen LogP contribution >= 0.6 is 0 Å². The van der Waals surface area contributed by atoms with Gasteiger partial charge in [-0.3, -0.25) is 9.59 Å². The van der Waals surface area contributed by atoms with E-state index in [0.29, 0.717) is 19.1 Å². The molecule has 0 saturated carbocycles. The Labute approximate surface area is 102 Å². The van der Waals surface area contributed by atoms with Gasteiger partial charge in [-0.15, -0.1) is 0 Å². The number of hydrogen-bond donors (Lipinski definition) is 3. The first-order valence-corrected chi connectivity index (χ1v) is 6.04. The second kappa shape index (κ2) is 6.56. The van der Waals surface area contributed by atoms with Gasteiger partial charge in [0.15, 0.2) is 0 Å². The summed E-state index contributed by atoms with van der Waals surface area (Å²) in [5.74, 6) is -0.159. The van der Waals surface area contributed by atoms with E-state index in [1.165, 1.54) is 0 Å². The van der Waals surface area contributed by atoms with E-state index < -0.39 is 0 Å². The van der Waals surface area contributed by atoms with Crippen LogP contribution < -0.4 is 16.0 Å². The number of likely N-dealkylation sites (N-methyl/N-ethyl adjacent to an activating group) is 2. The van der Waals surface area contributed by atoms with Crippen molar-refractivity contribution in [3.05, 3.63) is 0 Å². The lowest BCUT2D eigenvalue weighted by molar-refractivity contribution is -0.137. The molecule has 0 radical (unpaired) electrons. The molecular weight excluding hydrogens is 220 g/mol. The molecule has 2 unspecified atom stereocenters. The summed E-state index contributed by atoms with van der Waals surface area (Å²) in [5.41, 5.74) is 0. The Morgan fingerprint density at radius 2 is 2.06 bits per heavy atom. The highest BCUT2D eigenvalue weighted by molar-refractivity contribution is 5.87. The first-order valence-electron chi connectivity index (χ1n) is 6.04. The van der Waals surface area contributed by atoms with Crippen LogP contribution in [0.15, 0.2) is 0 Å². The second-order valence-corrected chi connectivity index (χ2v) is 4.30. The molecule has 98 valence electrons. The monoisotopic (exact) mass is 242 g/mol. The van der Waals surface area contributed by atoms with Crippen LogP contribution in [-0.4, -0.2) is 62.0 Å². The molecular formula is C11H22N4O2. The minimum Gasteiger partial charge on any atom is -0.358 e. The van der Waals surface area contributed by atoms with Gasteiger partial charge in [0.05, 0.1) is 12.6 Å². The molecule has 0 aromatic carbocycles. The Morgan fingerprint density at radius 3 is 2.53 bits per heavy atom. The third-order valence-corrected chi connectivity index (χ3v) is 2.95. The van der Waals surface area contributed by atoms with Crippen LogP contribution in [0.2, 0.25) is 0 Å². The number of rotatable bonds is 4. The Kier molecular flexibility index (Phi) is 5.37. The molecule has 1 heterocycles. The zero-order chi connectivity index (χ0) is 12.8. The molecule has 1 fully saturated rings. The van der Waals surface area contributed by atoms with Gasteiger partial charge >= 0.3 is 0 Å². The van der Waals surface area contributed by atoms with Crippen molar-refractivity contribution in [3.63, 3.8) is 0 Å². The quantitative estimate of drug-likeness (QED) is 0.563. The Balaban J connectivity index is 2.51. The minimum absolute atomic E-state index is 0.0181. The molecule has 0 aromatic rings. The molecule has 0 aromatic heterocycles. The summed E-state index contributed by atoms with van der Waals surface area (Å²) < 4.78 is 0. The Bertz CT molecular complexity index is 275. The van der Waals surface area contributed by atoms with E-state index in [4.69, 9.17) is 0 Å². The van der Waals surface area contributed by atoms with E-state index >= 15 is 0 Å². The van der Waals surface area contributed by atoms with Gasteiger partial charge in [0.1, 0.15) is 0 Å². The molecule has 1 aliphatic heterocycles. The van der Waals surface area contributed by atoms with Crippen LogP contribution in [0.5, 0.6) is 0 Å². The molecule has 17 heavy (non-hydrogen) atoms. The van der Waals surface area contributed by atoms with E-state index in [2.05, 4.69) is 22.9 Å². The number of carbonyl (C=O) groups excluding carboxylic acids is 2. The van der Waals surface area contributed by atoms with Gasteiger partial charge in [-0.2, -0.15) is 0 Å². The molecule has 0 bridgehead atoms. The lowest BCUT2D eigenvalue weighted by Crippen LogP contribution is -2.60. The van der Waals surface area contributed by atoms with Crippen LogP contribution in [0.1, 0.15) is 13.8 Å². The fourth-order valence-corrected chi connectivity index (χ4v) is 1.78. The van der Waals surface area contributed by atoms with E-state index in [-0.39, 0.29) is 24.4 Å². The molecule has 1 rings (SSSR count). The average molecular weight is 242 g/mol. The van der Waals surface area contributed by atoms with Gasteiger partial charge in [0.25, 0.3) is 0 Å². The highest BCUT2D eigenvalue weighted by atomic mass is 16.2. The average Bonchev–Trinajstić information content (AvgIpc) is 2.35. The molecule has 1 saturated heterocycles. The van der Waals surface area contributed by atoms with Crippen molar-refractivity contribution >= 4 is 11.8 Å². The van der Waals surface area contributed by atoms with Crippen molar-refractivity contribution in [1.29, 1.82) is 0 Å². The highest BCUT2D eigenvalue weighted by Gasteiger charge is 2.27. The Hall–Kier alpha value is -1.14. The summed E-state index contributed by atoms with van der Waals surface area (Å²) in [4.78, 5) is 25.0. The standard InChI is InChI=1S/C11H22N4O2/c1-4-15(7-10(16)12-3)11(17)9-6-13-8(2)5-14-9/h8-9,13-14H,4-7H2,1-3H3,(H,12,16). The summed E-state index contributed by atoms with van der Waals surface area (Å²) in [7, 11) is 1.57. The van der Waals surface area contributed by atoms with Crippen LogP contribution in [-0.2, 0) is 9.59 Å². The van der Waals surface area contributed by atoms with Crippen LogP contribution in [0.25, 0.3) is 0 Å². The minimum atomic E-state index is -0.226. The number of amides is 2. The Morgan fingerprint density at radius 1 is 1.35 bits per heavy atom. The van der Waals surface area contributed by atoms with Gasteiger partial charge < -0.3 is 20.9 Å². The smallest absolute Gasteiger partial charge is 0.241 e. The van der Waals surface area contributed by atoms with Crippen molar-refractivity contribution in [2.24, 2.45) is 0 Å². The lowest BCUT2D eigenvalue weighted by atomic mass is 10.1. The van der Waals surface area contributed by atoms with Crippen LogP contribution in [0, 0.1) is 0 Å². The summed E-state index contributed by atoms with van der Waals surface area (Å²) >= 11 is 0. The number of carbonyl (C=O) groups is 2. The zero-order valence-corrected chi connectivity index (χ0v) is 10.7. The first kappa shape index (κ1) is 13.9. The van der Waals surface area contributed by atoms with E-state index in [0.717, 1.165) is 6.54 Å². The molecule has 1 aliphatic rings. The van der Waals surface area contributed by atoms with Crippen molar-refractivity contribution in [2.45, 2.75) is 25.9 Å². The molecule has 3 N–H and O–H groups in total. The number of piperazine rings is 1. The molecule has 2 amide bonds. The summed E-state index contributed by atoms with van der Waals surface area (Å²) in [6.45, 7) is 5.99. The fourth-order valence-electron chi connectivity index (χ4n) is 1.78. The molecule has 6 nitrogen and oxygen atoms in total. The summed E-state index contributed by atoms with van der Waals surface area (Å²) in [6, 6.07) is 0.156. The predicted octanol–water partition coefficient (Wildman–Crippen LogP) is -1.47. The zero-order valence-electron chi connectivity index (χ0n) is 10.7. The number of hydrogen-bond acceptors (Lipinski definition) is 4. The summed E-state index contributed by atoms with van der Waals surface area (Å²) in [6.07, 6.45) is 0. The molecule has 0 spiro atoms. The molecule has 6 heteroatoms.